The van der Waals surface area contributed by atoms with Crippen molar-refractivity contribution in [1.82, 2.24) is 44.1 Å². The number of ether oxygens (including phenoxy) is 3. The van der Waals surface area contributed by atoms with Crippen LogP contribution in [-0.2, 0) is 43.0 Å². The normalized spacial score (nSPS) is 19.0. The van der Waals surface area contributed by atoms with Crippen LogP contribution in [0.25, 0.3) is 0 Å². The number of nitrogens with zero attached hydrogens (tertiary/aromatic N) is 9. The molecule has 0 aromatic heterocycles. The molecule has 2 atom stereocenters. The van der Waals surface area contributed by atoms with Gasteiger partial charge in [0.1, 0.15) is 0 Å². The Kier molecular flexibility index (Phi) is 36.5. The molecule has 0 saturated carbocycles. The summed E-state index contributed by atoms with van der Waals surface area (Å²) in [6.07, 6.45) is -2.04. The fraction of sp³-hybridized carbons (Fsp3) is 0.864. The standard InChI is InChI=1S/C42H79N9O18.C2H6/c52-18-20-68-22-24-69-23-21-67-19-17-51(27-35(53)25-43-1-5-45(29-37(55)56)9-13-49(33-41(63)64)14-10-46(6-2-43)30-38(57)58)28-36(54)26-44-3-7-47(31-39(59)60)11-15-50(34-42(65)66)16-12-48(8-4-44)32-40(61)62;1-2/h35-36,52-54H,1-34H2,(H,55,56)(H,57,58)(H,59,60)(H,61,62)(H,63,64)(H,65,66);1-2H3. The van der Waals surface area contributed by atoms with E-state index in [-0.39, 0.29) is 184 Å². The van der Waals surface area contributed by atoms with Crippen LogP contribution in [-0.4, -0.2) is 361 Å². The molecule has 27 heteroatoms. The number of rotatable bonds is 31. The van der Waals surface area contributed by atoms with Crippen LogP contribution in [0.15, 0.2) is 0 Å². The number of β-amino-alcohol motifs (C(OH)–C–C–N with tert-alkyl or cyclic N) is 2. The Morgan fingerprint density at radius 2 is 0.592 bits per heavy atom. The van der Waals surface area contributed by atoms with Crippen molar-refractivity contribution in [2.45, 2.75) is 26.1 Å². The molecule has 2 rings (SSSR count). The molecule has 2 unspecified atom stereocenters. The number of carboxylic acid groups (broad SMARTS) is 6. The monoisotopic (exact) mass is 1030 g/mol. The van der Waals surface area contributed by atoms with Gasteiger partial charge in [0.05, 0.1) is 97.7 Å². The van der Waals surface area contributed by atoms with Crippen LogP contribution >= 0.6 is 0 Å². The first-order chi connectivity index (χ1) is 33.9. The minimum absolute atomic E-state index is 0.0586. The average Bonchev–Trinajstić information content (AvgIpc) is 3.28. The molecule has 0 amide bonds. The summed E-state index contributed by atoms with van der Waals surface area (Å²) in [6, 6.07) is 0. The zero-order chi connectivity index (χ0) is 53.0. The molecule has 0 spiro atoms. The molecular formula is C44H85N9O18. The van der Waals surface area contributed by atoms with Gasteiger partial charge in [-0.3, -0.25) is 72.9 Å². The third-order valence-electron chi connectivity index (χ3n) is 11.4. The molecule has 2 heterocycles. The van der Waals surface area contributed by atoms with E-state index >= 15 is 0 Å². The van der Waals surface area contributed by atoms with E-state index in [2.05, 4.69) is 0 Å². The Bertz CT molecular complexity index is 1340. The Hall–Kier alpha value is -3.78. The molecule has 0 aromatic rings. The molecule has 0 aliphatic carbocycles. The highest BCUT2D eigenvalue weighted by molar-refractivity contribution is 5.70. The number of carboxylic acids is 6. The van der Waals surface area contributed by atoms with Gasteiger partial charge < -0.3 is 60.2 Å². The molecule has 2 aliphatic heterocycles. The van der Waals surface area contributed by atoms with Crippen LogP contribution < -0.4 is 0 Å². The summed E-state index contributed by atoms with van der Waals surface area (Å²) < 4.78 is 16.5. The summed E-state index contributed by atoms with van der Waals surface area (Å²) in [7, 11) is 0. The summed E-state index contributed by atoms with van der Waals surface area (Å²) in [5.74, 6) is -6.37. The van der Waals surface area contributed by atoms with Crippen molar-refractivity contribution in [3.8, 4) is 0 Å². The van der Waals surface area contributed by atoms with Crippen LogP contribution in [0.5, 0.6) is 0 Å². The van der Waals surface area contributed by atoms with Gasteiger partial charge in [0.25, 0.3) is 0 Å². The maximum Gasteiger partial charge on any atom is 0.317 e. The Morgan fingerprint density at radius 3 is 0.817 bits per heavy atom. The minimum atomic E-state index is -1.06. The SMILES string of the molecule is CC.O=C(O)CN1CCN(CC(=O)O)CCN(CC(O)CN(CCOCCOCCOCCO)CC(O)CN2CCN(CC(=O)O)CCN(CC(=O)O)CCN(CC(=O)O)CC2)CCN(CC(=O)O)CC1. The van der Waals surface area contributed by atoms with E-state index in [1.54, 1.807) is 29.4 Å². The van der Waals surface area contributed by atoms with Crippen molar-refractivity contribution in [3.63, 3.8) is 0 Å². The lowest BCUT2D eigenvalue weighted by atomic mass is 10.2. The van der Waals surface area contributed by atoms with Gasteiger partial charge >= 0.3 is 35.8 Å². The molecule has 414 valence electrons. The number of aliphatic hydroxyl groups is 3. The van der Waals surface area contributed by atoms with E-state index in [0.29, 0.717) is 39.4 Å². The van der Waals surface area contributed by atoms with Gasteiger partial charge in [-0.05, 0) is 0 Å². The van der Waals surface area contributed by atoms with Crippen molar-refractivity contribution in [2.24, 2.45) is 0 Å². The van der Waals surface area contributed by atoms with Crippen molar-refractivity contribution in [3.05, 3.63) is 0 Å². The lowest BCUT2D eigenvalue weighted by molar-refractivity contribution is -0.140. The quantitative estimate of drug-likeness (QED) is 0.0294. The first-order valence-electron chi connectivity index (χ1n) is 24.4. The first kappa shape index (κ1) is 65.2. The topological polar surface area (TPSA) is 341 Å². The van der Waals surface area contributed by atoms with Crippen LogP contribution in [0.3, 0.4) is 0 Å². The lowest BCUT2D eigenvalue weighted by Gasteiger charge is -2.35. The molecule has 9 N–H and O–H groups in total. The Balaban J connectivity index is 0.0000124. The second kappa shape index (κ2) is 39.7. The van der Waals surface area contributed by atoms with Gasteiger partial charge in [0.15, 0.2) is 0 Å². The van der Waals surface area contributed by atoms with Gasteiger partial charge in [-0.2, -0.15) is 0 Å². The lowest BCUT2D eigenvalue weighted by Crippen LogP contribution is -2.51. The third-order valence-corrected chi connectivity index (χ3v) is 11.4. The van der Waals surface area contributed by atoms with E-state index in [0.717, 1.165) is 0 Å². The fourth-order valence-corrected chi connectivity index (χ4v) is 7.98. The average molecular weight is 1030 g/mol. The van der Waals surface area contributed by atoms with Crippen molar-refractivity contribution < 1.29 is 88.9 Å². The van der Waals surface area contributed by atoms with Gasteiger partial charge in [-0.25, -0.2) is 0 Å². The molecule has 27 nitrogen and oxygen atoms in total. The predicted octanol–water partition coefficient (Wildman–Crippen LogP) is -4.97. The highest BCUT2D eigenvalue weighted by Gasteiger charge is 2.25. The smallest absolute Gasteiger partial charge is 0.317 e. The van der Waals surface area contributed by atoms with Gasteiger partial charge in [-0.15, -0.1) is 0 Å². The molecular weight excluding hydrogens is 943 g/mol. The van der Waals surface area contributed by atoms with Crippen LogP contribution in [0.1, 0.15) is 13.8 Å². The molecule has 2 aliphatic rings. The minimum Gasteiger partial charge on any atom is -0.480 e. The zero-order valence-electron chi connectivity index (χ0n) is 41.9. The zero-order valence-corrected chi connectivity index (χ0v) is 41.9. The van der Waals surface area contributed by atoms with Gasteiger partial charge in [0, 0.05) is 137 Å². The highest BCUT2D eigenvalue weighted by atomic mass is 16.5. The number of aliphatic carboxylic acids is 6. The number of hydrogen-bond acceptors (Lipinski definition) is 21. The van der Waals surface area contributed by atoms with Crippen molar-refractivity contribution in [2.75, 3.05) is 223 Å². The fourth-order valence-electron chi connectivity index (χ4n) is 7.98. The van der Waals surface area contributed by atoms with Gasteiger partial charge in [0.2, 0.25) is 0 Å². The summed E-state index contributed by atoms with van der Waals surface area (Å²) in [5.41, 5.74) is 0. The van der Waals surface area contributed by atoms with Crippen molar-refractivity contribution in [1.29, 1.82) is 0 Å². The molecule has 0 radical (unpaired) electrons. The molecule has 0 bridgehead atoms. The highest BCUT2D eigenvalue weighted by Crippen LogP contribution is 2.07. The van der Waals surface area contributed by atoms with E-state index in [1.807, 2.05) is 28.5 Å². The summed E-state index contributed by atoms with van der Waals surface area (Å²) in [5, 5.41) is 89.7. The number of aliphatic hydroxyl groups excluding tert-OH is 3. The third kappa shape index (κ3) is 35.1. The predicted molar refractivity (Wildman–Crippen MR) is 257 cm³/mol. The van der Waals surface area contributed by atoms with Crippen LogP contribution in [0.2, 0.25) is 0 Å². The molecule has 2 fully saturated rings. The second-order valence-corrected chi connectivity index (χ2v) is 17.2. The largest absolute Gasteiger partial charge is 0.480 e. The van der Waals surface area contributed by atoms with Crippen LogP contribution in [0.4, 0.5) is 0 Å². The van der Waals surface area contributed by atoms with Gasteiger partial charge in [-0.1, -0.05) is 13.8 Å². The second-order valence-electron chi connectivity index (χ2n) is 17.2. The Labute approximate surface area is 417 Å². The van der Waals surface area contributed by atoms with E-state index in [9.17, 15) is 69.6 Å². The van der Waals surface area contributed by atoms with E-state index in [1.165, 1.54) is 0 Å². The molecule has 71 heavy (non-hydrogen) atoms. The first-order valence-corrected chi connectivity index (χ1v) is 24.4. The number of carbonyl (C=O) groups is 6. The van der Waals surface area contributed by atoms with Crippen LogP contribution in [0, 0.1) is 0 Å². The Morgan fingerprint density at radius 1 is 0.380 bits per heavy atom. The van der Waals surface area contributed by atoms with E-state index < -0.39 is 48.0 Å². The van der Waals surface area contributed by atoms with E-state index in [4.69, 9.17) is 19.3 Å². The summed E-state index contributed by atoms with van der Waals surface area (Å²) in [4.78, 5) is 86.0. The van der Waals surface area contributed by atoms with Crippen molar-refractivity contribution >= 4 is 35.8 Å². The summed E-state index contributed by atoms with van der Waals surface area (Å²) >= 11 is 0. The molecule has 2 saturated heterocycles. The maximum absolute atomic E-state index is 11.8. The maximum atomic E-state index is 11.8. The number of hydrogen-bond donors (Lipinski definition) is 9. The molecule has 0 aromatic carbocycles. The summed E-state index contributed by atoms with van der Waals surface area (Å²) in [6.45, 7) is 8.32.